The summed E-state index contributed by atoms with van der Waals surface area (Å²) in [5, 5.41) is 0. The number of ether oxygens (including phenoxy) is 1. The zero-order chi connectivity index (χ0) is 13.8. The lowest BCUT2D eigenvalue weighted by atomic mass is 10.2. The molecule has 0 aliphatic carbocycles. The molecule has 0 aliphatic heterocycles. The number of aldehydes is 1. The Kier molecular flexibility index (Phi) is 4.71. The van der Waals surface area contributed by atoms with Crippen LogP contribution < -0.4 is 4.74 Å². The third-order valence-electron chi connectivity index (χ3n) is 2.50. The predicted molar refractivity (Wildman–Crippen MR) is 78.0 cm³/mol. The maximum atomic E-state index is 13.6. The van der Waals surface area contributed by atoms with Crippen molar-refractivity contribution in [2.24, 2.45) is 0 Å². The summed E-state index contributed by atoms with van der Waals surface area (Å²) in [6, 6.07) is 9.77. The van der Waals surface area contributed by atoms with Gasteiger partial charge in [0, 0.05) is 10.0 Å². The molecule has 0 amide bonds. The minimum atomic E-state index is -0.345. The molecule has 2 aromatic rings. The summed E-state index contributed by atoms with van der Waals surface area (Å²) in [5.41, 5.74) is 0.840. The minimum absolute atomic E-state index is 0.0503. The third-order valence-corrected chi connectivity index (χ3v) is 3.62. The first kappa shape index (κ1) is 14.2. The Morgan fingerprint density at radius 2 is 2.00 bits per heavy atom. The molecular weight excluding hydrogens is 379 g/mol. The Hall–Kier alpha value is -1.20. The Morgan fingerprint density at radius 3 is 2.74 bits per heavy atom. The van der Waals surface area contributed by atoms with Crippen LogP contribution >= 0.6 is 31.9 Å². The monoisotopic (exact) mass is 386 g/mol. The van der Waals surface area contributed by atoms with Crippen molar-refractivity contribution >= 4 is 38.1 Å². The second-order valence-electron chi connectivity index (χ2n) is 3.80. The first-order valence-electron chi connectivity index (χ1n) is 5.42. The van der Waals surface area contributed by atoms with Crippen LogP contribution in [0, 0.1) is 5.82 Å². The lowest BCUT2D eigenvalue weighted by Gasteiger charge is -2.11. The fraction of sp³-hybridized carbons (Fsp3) is 0.0714. The largest absolute Gasteiger partial charge is 0.487 e. The number of hydrogen-bond donors (Lipinski definition) is 0. The highest BCUT2D eigenvalue weighted by Crippen LogP contribution is 2.29. The predicted octanol–water partition coefficient (Wildman–Crippen LogP) is 4.74. The van der Waals surface area contributed by atoms with Gasteiger partial charge in [0.05, 0.1) is 10.0 Å². The van der Waals surface area contributed by atoms with Gasteiger partial charge in [-0.2, -0.15) is 0 Å². The van der Waals surface area contributed by atoms with Crippen molar-refractivity contribution in [3.8, 4) is 5.75 Å². The molecule has 0 aromatic heterocycles. The summed E-state index contributed by atoms with van der Waals surface area (Å²) in [4.78, 5) is 10.9. The van der Waals surface area contributed by atoms with Gasteiger partial charge in [0.15, 0.2) is 6.29 Å². The van der Waals surface area contributed by atoms with Gasteiger partial charge in [-0.05, 0) is 46.3 Å². The number of carbonyl (C=O) groups excluding carboxylic acids is 1. The van der Waals surface area contributed by atoms with Crippen molar-refractivity contribution in [3.05, 3.63) is 62.3 Å². The molecule has 98 valence electrons. The number of rotatable bonds is 4. The Morgan fingerprint density at radius 1 is 1.21 bits per heavy atom. The van der Waals surface area contributed by atoms with E-state index in [-0.39, 0.29) is 12.4 Å². The second kappa shape index (κ2) is 6.30. The van der Waals surface area contributed by atoms with E-state index in [0.29, 0.717) is 27.6 Å². The molecule has 2 nitrogen and oxygen atoms in total. The summed E-state index contributed by atoms with van der Waals surface area (Å²) in [5.74, 6) is 0.0692. The smallest absolute Gasteiger partial charge is 0.153 e. The molecule has 0 spiro atoms. The summed E-state index contributed by atoms with van der Waals surface area (Å²) in [6.45, 7) is 0.0503. The number of carbonyl (C=O) groups is 1. The fourth-order valence-corrected chi connectivity index (χ4v) is 2.48. The van der Waals surface area contributed by atoms with Crippen LogP contribution in [0.4, 0.5) is 4.39 Å². The molecule has 0 radical (unpaired) electrons. The molecule has 0 fully saturated rings. The Labute approximate surface area is 126 Å². The van der Waals surface area contributed by atoms with E-state index >= 15 is 0 Å². The average molecular weight is 388 g/mol. The van der Waals surface area contributed by atoms with Crippen LogP contribution in [0.5, 0.6) is 5.75 Å². The van der Waals surface area contributed by atoms with Gasteiger partial charge in [0.1, 0.15) is 18.2 Å². The number of halogens is 3. The number of hydrogen-bond acceptors (Lipinski definition) is 2. The van der Waals surface area contributed by atoms with Crippen LogP contribution in [0.15, 0.2) is 45.3 Å². The minimum Gasteiger partial charge on any atom is -0.487 e. The van der Waals surface area contributed by atoms with Crippen LogP contribution in [0.3, 0.4) is 0 Å². The molecule has 0 bridgehead atoms. The standard InChI is InChI=1S/C14H9Br2FO2/c15-11-4-5-13(17)10(6-11)8-19-14-9(7-18)2-1-3-12(14)16/h1-7H,8H2. The van der Waals surface area contributed by atoms with Crippen LogP contribution in [0.1, 0.15) is 15.9 Å². The van der Waals surface area contributed by atoms with Crippen molar-refractivity contribution in [2.75, 3.05) is 0 Å². The highest BCUT2D eigenvalue weighted by atomic mass is 79.9. The van der Waals surface area contributed by atoms with E-state index in [0.717, 1.165) is 4.47 Å². The molecule has 19 heavy (non-hydrogen) atoms. The van der Waals surface area contributed by atoms with Crippen molar-refractivity contribution in [1.82, 2.24) is 0 Å². The van der Waals surface area contributed by atoms with Gasteiger partial charge in [0.25, 0.3) is 0 Å². The van der Waals surface area contributed by atoms with Crippen molar-refractivity contribution in [1.29, 1.82) is 0 Å². The van der Waals surface area contributed by atoms with E-state index in [1.54, 1.807) is 30.3 Å². The van der Waals surface area contributed by atoms with Gasteiger partial charge in [-0.1, -0.05) is 22.0 Å². The van der Waals surface area contributed by atoms with Gasteiger partial charge in [-0.25, -0.2) is 4.39 Å². The maximum absolute atomic E-state index is 13.6. The zero-order valence-electron chi connectivity index (χ0n) is 9.70. The summed E-state index contributed by atoms with van der Waals surface area (Å²) in [6.07, 6.45) is 0.706. The van der Waals surface area contributed by atoms with E-state index < -0.39 is 0 Å². The van der Waals surface area contributed by atoms with Crippen LogP contribution in [-0.4, -0.2) is 6.29 Å². The molecule has 2 aromatic carbocycles. The Bertz CT molecular complexity index is 614. The maximum Gasteiger partial charge on any atom is 0.153 e. The summed E-state index contributed by atoms with van der Waals surface area (Å²) < 4.78 is 20.5. The van der Waals surface area contributed by atoms with Gasteiger partial charge < -0.3 is 4.74 Å². The molecule has 0 atom stereocenters. The van der Waals surface area contributed by atoms with Gasteiger partial charge >= 0.3 is 0 Å². The van der Waals surface area contributed by atoms with E-state index in [9.17, 15) is 9.18 Å². The molecule has 5 heteroatoms. The fourth-order valence-electron chi connectivity index (χ4n) is 1.57. The van der Waals surface area contributed by atoms with Gasteiger partial charge in [-0.15, -0.1) is 0 Å². The van der Waals surface area contributed by atoms with Crippen LogP contribution in [0.25, 0.3) is 0 Å². The third kappa shape index (κ3) is 3.42. The van der Waals surface area contributed by atoms with E-state index in [4.69, 9.17) is 4.74 Å². The lowest BCUT2D eigenvalue weighted by molar-refractivity contribution is 0.111. The normalized spacial score (nSPS) is 10.3. The molecule has 0 heterocycles. The molecule has 0 saturated carbocycles. The molecular formula is C14H9Br2FO2. The molecule has 0 N–H and O–H groups in total. The topological polar surface area (TPSA) is 26.3 Å². The molecule has 0 unspecified atom stereocenters. The molecule has 0 saturated heterocycles. The van der Waals surface area contributed by atoms with Crippen LogP contribution in [-0.2, 0) is 6.61 Å². The van der Waals surface area contributed by atoms with Gasteiger partial charge in [-0.3, -0.25) is 4.79 Å². The van der Waals surface area contributed by atoms with Crippen molar-refractivity contribution < 1.29 is 13.9 Å². The SMILES string of the molecule is O=Cc1cccc(Br)c1OCc1cc(Br)ccc1F. The number of benzene rings is 2. The van der Waals surface area contributed by atoms with Gasteiger partial charge in [0.2, 0.25) is 0 Å². The second-order valence-corrected chi connectivity index (χ2v) is 5.57. The highest BCUT2D eigenvalue weighted by molar-refractivity contribution is 9.10. The summed E-state index contributed by atoms with van der Waals surface area (Å²) in [7, 11) is 0. The first-order valence-corrected chi connectivity index (χ1v) is 7.01. The Balaban J connectivity index is 2.23. The van der Waals surface area contributed by atoms with Crippen molar-refractivity contribution in [2.45, 2.75) is 6.61 Å². The van der Waals surface area contributed by atoms with E-state index in [2.05, 4.69) is 31.9 Å². The van der Waals surface area contributed by atoms with E-state index in [1.165, 1.54) is 6.07 Å². The average Bonchev–Trinajstić information content (AvgIpc) is 2.40. The molecule has 2 rings (SSSR count). The first-order chi connectivity index (χ1) is 9.11. The zero-order valence-corrected chi connectivity index (χ0v) is 12.9. The van der Waals surface area contributed by atoms with Crippen LogP contribution in [0.2, 0.25) is 0 Å². The molecule has 0 aliphatic rings. The quantitative estimate of drug-likeness (QED) is 0.708. The number of para-hydroxylation sites is 1. The summed E-state index contributed by atoms with van der Waals surface area (Å²) >= 11 is 6.59. The van der Waals surface area contributed by atoms with E-state index in [1.807, 2.05) is 0 Å². The lowest BCUT2D eigenvalue weighted by Crippen LogP contribution is -2.01. The van der Waals surface area contributed by atoms with Crippen molar-refractivity contribution in [3.63, 3.8) is 0 Å². The highest BCUT2D eigenvalue weighted by Gasteiger charge is 2.09.